The molecule has 1 aromatic heterocycles. The Morgan fingerprint density at radius 1 is 0.955 bits per heavy atom. The maximum absolute atomic E-state index is 12.4. The van der Waals surface area contributed by atoms with Crippen molar-refractivity contribution in [3.63, 3.8) is 0 Å². The van der Waals surface area contributed by atoms with Gasteiger partial charge in [-0.05, 0) is 37.5 Å². The zero-order chi connectivity index (χ0) is 15.7. The maximum Gasteiger partial charge on any atom is 0.268 e. The molecular weight excluding hydrogens is 272 g/mol. The Morgan fingerprint density at radius 2 is 1.59 bits per heavy atom. The van der Waals surface area contributed by atoms with E-state index >= 15 is 0 Å². The number of hydrogen-bond donors (Lipinski definition) is 1. The molecular formula is C19H20N2O. The van der Waals surface area contributed by atoms with Crippen molar-refractivity contribution in [2.45, 2.75) is 27.2 Å². The summed E-state index contributed by atoms with van der Waals surface area (Å²) in [6, 6.07) is 16.3. The van der Waals surface area contributed by atoms with Crippen LogP contribution in [0.4, 0.5) is 0 Å². The number of aryl methyl sites for hydroxylation is 2. The van der Waals surface area contributed by atoms with Crippen molar-refractivity contribution >= 4 is 0 Å². The second-order valence-electron chi connectivity index (χ2n) is 5.56. The highest BCUT2D eigenvalue weighted by molar-refractivity contribution is 5.69. The average Bonchev–Trinajstić information content (AvgIpc) is 2.84. The van der Waals surface area contributed by atoms with E-state index in [0.29, 0.717) is 6.42 Å². The van der Waals surface area contributed by atoms with Crippen molar-refractivity contribution in [3.05, 3.63) is 75.6 Å². The topological polar surface area (TPSA) is 37.8 Å². The summed E-state index contributed by atoms with van der Waals surface area (Å²) in [5.41, 5.74) is 6.20. The first-order valence-corrected chi connectivity index (χ1v) is 7.59. The number of nitrogens with one attached hydrogen (secondary N) is 1. The van der Waals surface area contributed by atoms with Crippen LogP contribution in [0.5, 0.6) is 0 Å². The summed E-state index contributed by atoms with van der Waals surface area (Å²) in [5, 5.41) is 3.01. The van der Waals surface area contributed by atoms with Crippen molar-refractivity contribution < 1.29 is 0 Å². The zero-order valence-electron chi connectivity index (χ0n) is 13.2. The largest absolute Gasteiger partial charge is 0.268 e. The summed E-state index contributed by atoms with van der Waals surface area (Å²) < 4.78 is 1.93. The minimum absolute atomic E-state index is 0.0102. The van der Waals surface area contributed by atoms with E-state index in [9.17, 15) is 4.79 Å². The SMILES string of the molecule is CCc1c(-c2ccccc2C)n(-c2ccccc2C)[nH]c1=O. The van der Waals surface area contributed by atoms with Crippen LogP contribution in [0, 0.1) is 13.8 Å². The van der Waals surface area contributed by atoms with Crippen LogP contribution >= 0.6 is 0 Å². The van der Waals surface area contributed by atoms with Crippen LogP contribution in [0.1, 0.15) is 23.6 Å². The molecule has 1 heterocycles. The zero-order valence-corrected chi connectivity index (χ0v) is 13.2. The Bertz CT molecular complexity index is 871. The molecule has 0 aliphatic rings. The third-order valence-electron chi connectivity index (χ3n) is 4.11. The van der Waals surface area contributed by atoms with Gasteiger partial charge in [0.15, 0.2) is 0 Å². The van der Waals surface area contributed by atoms with Gasteiger partial charge in [-0.15, -0.1) is 0 Å². The number of nitrogens with zero attached hydrogens (tertiary/aromatic N) is 1. The fourth-order valence-electron chi connectivity index (χ4n) is 2.91. The van der Waals surface area contributed by atoms with E-state index in [1.807, 2.05) is 41.9 Å². The molecule has 0 aliphatic carbocycles. The van der Waals surface area contributed by atoms with Gasteiger partial charge in [-0.2, -0.15) is 0 Å². The lowest BCUT2D eigenvalue weighted by Crippen LogP contribution is -2.07. The average molecular weight is 292 g/mol. The molecule has 3 aromatic rings. The molecule has 0 saturated heterocycles. The molecule has 1 N–H and O–H groups in total. The van der Waals surface area contributed by atoms with Gasteiger partial charge in [-0.3, -0.25) is 14.6 Å². The van der Waals surface area contributed by atoms with Gasteiger partial charge >= 0.3 is 0 Å². The summed E-state index contributed by atoms with van der Waals surface area (Å²) in [5.74, 6) is 0. The van der Waals surface area contributed by atoms with Gasteiger partial charge in [-0.1, -0.05) is 49.4 Å². The summed E-state index contributed by atoms with van der Waals surface area (Å²) in [4.78, 5) is 12.4. The lowest BCUT2D eigenvalue weighted by Gasteiger charge is -2.14. The van der Waals surface area contributed by atoms with Gasteiger partial charge in [-0.25, -0.2) is 0 Å². The van der Waals surface area contributed by atoms with E-state index in [2.05, 4.69) is 37.1 Å². The summed E-state index contributed by atoms with van der Waals surface area (Å²) in [7, 11) is 0. The van der Waals surface area contributed by atoms with E-state index in [0.717, 1.165) is 28.1 Å². The monoisotopic (exact) mass is 292 g/mol. The van der Waals surface area contributed by atoms with Crippen molar-refractivity contribution in [1.82, 2.24) is 9.78 Å². The molecule has 0 radical (unpaired) electrons. The third kappa shape index (κ3) is 2.29. The summed E-state index contributed by atoms with van der Waals surface area (Å²) in [6.45, 7) is 6.16. The highest BCUT2D eigenvalue weighted by Crippen LogP contribution is 2.28. The lowest BCUT2D eigenvalue weighted by atomic mass is 10.0. The second kappa shape index (κ2) is 5.68. The summed E-state index contributed by atoms with van der Waals surface area (Å²) in [6.07, 6.45) is 0.706. The molecule has 0 bridgehead atoms. The fourth-order valence-corrected chi connectivity index (χ4v) is 2.91. The van der Waals surface area contributed by atoms with Crippen LogP contribution in [-0.4, -0.2) is 9.78 Å². The first kappa shape index (κ1) is 14.4. The lowest BCUT2D eigenvalue weighted by molar-refractivity contribution is 0.863. The van der Waals surface area contributed by atoms with Crippen LogP contribution in [0.3, 0.4) is 0 Å². The molecule has 0 spiro atoms. The molecule has 0 fully saturated rings. The van der Waals surface area contributed by atoms with Gasteiger partial charge in [0.25, 0.3) is 5.56 Å². The predicted octanol–water partition coefficient (Wildman–Crippen LogP) is 4.01. The molecule has 0 unspecified atom stereocenters. The molecule has 3 rings (SSSR count). The summed E-state index contributed by atoms with van der Waals surface area (Å²) >= 11 is 0. The van der Waals surface area contributed by atoms with Gasteiger partial charge in [0.2, 0.25) is 0 Å². The number of para-hydroxylation sites is 1. The van der Waals surface area contributed by atoms with Crippen LogP contribution in [-0.2, 0) is 6.42 Å². The van der Waals surface area contributed by atoms with E-state index in [1.54, 1.807) is 0 Å². The predicted molar refractivity (Wildman–Crippen MR) is 90.7 cm³/mol. The molecule has 0 amide bonds. The van der Waals surface area contributed by atoms with Crippen LogP contribution < -0.4 is 5.56 Å². The number of aromatic amines is 1. The Hall–Kier alpha value is -2.55. The Balaban J connectivity index is 2.36. The van der Waals surface area contributed by atoms with Crippen LogP contribution in [0.25, 0.3) is 16.9 Å². The Labute approximate surface area is 130 Å². The minimum Gasteiger partial charge on any atom is -0.268 e. The van der Waals surface area contributed by atoms with Crippen molar-refractivity contribution in [3.8, 4) is 16.9 Å². The molecule has 112 valence electrons. The van der Waals surface area contributed by atoms with Crippen LogP contribution in [0.2, 0.25) is 0 Å². The number of H-pyrrole nitrogens is 1. The minimum atomic E-state index is -0.0102. The standard InChI is InChI=1S/C19H20N2O/c1-4-15-18(16-11-7-5-9-13(16)2)21(20-19(15)22)17-12-8-6-10-14(17)3/h5-12H,4H2,1-3H3,(H,20,22). The van der Waals surface area contributed by atoms with E-state index < -0.39 is 0 Å². The molecule has 0 aliphatic heterocycles. The van der Waals surface area contributed by atoms with Gasteiger partial charge in [0.05, 0.1) is 11.4 Å². The second-order valence-corrected chi connectivity index (χ2v) is 5.56. The van der Waals surface area contributed by atoms with E-state index in [4.69, 9.17) is 0 Å². The molecule has 0 saturated carbocycles. The third-order valence-corrected chi connectivity index (χ3v) is 4.11. The normalized spacial score (nSPS) is 10.9. The number of rotatable bonds is 3. The number of hydrogen-bond acceptors (Lipinski definition) is 1. The molecule has 0 atom stereocenters. The molecule has 2 aromatic carbocycles. The van der Waals surface area contributed by atoms with Crippen molar-refractivity contribution in [2.75, 3.05) is 0 Å². The van der Waals surface area contributed by atoms with Gasteiger partial charge in [0, 0.05) is 11.1 Å². The molecule has 22 heavy (non-hydrogen) atoms. The number of aromatic nitrogens is 2. The smallest absolute Gasteiger partial charge is 0.268 e. The molecule has 3 heteroatoms. The highest BCUT2D eigenvalue weighted by Gasteiger charge is 2.18. The number of benzene rings is 2. The van der Waals surface area contributed by atoms with Crippen molar-refractivity contribution in [1.29, 1.82) is 0 Å². The maximum atomic E-state index is 12.4. The highest BCUT2D eigenvalue weighted by atomic mass is 16.1. The first-order valence-electron chi connectivity index (χ1n) is 7.59. The van der Waals surface area contributed by atoms with Crippen LogP contribution in [0.15, 0.2) is 53.3 Å². The first-order chi connectivity index (χ1) is 10.6. The molecule has 3 nitrogen and oxygen atoms in total. The Morgan fingerprint density at radius 3 is 2.23 bits per heavy atom. The van der Waals surface area contributed by atoms with Crippen molar-refractivity contribution in [2.24, 2.45) is 0 Å². The Kier molecular flexibility index (Phi) is 3.72. The van der Waals surface area contributed by atoms with Gasteiger partial charge in [0.1, 0.15) is 0 Å². The quantitative estimate of drug-likeness (QED) is 0.778. The van der Waals surface area contributed by atoms with E-state index in [-0.39, 0.29) is 5.56 Å². The fraction of sp³-hybridized carbons (Fsp3) is 0.211. The van der Waals surface area contributed by atoms with Gasteiger partial charge < -0.3 is 0 Å². The van der Waals surface area contributed by atoms with E-state index in [1.165, 1.54) is 5.56 Å².